The minimum atomic E-state index is 0.577. The van der Waals surface area contributed by atoms with Crippen LogP contribution in [0.2, 0.25) is 0 Å². The third kappa shape index (κ3) is 2.96. The van der Waals surface area contributed by atoms with Crippen LogP contribution < -0.4 is 10.6 Å². The second-order valence-corrected chi connectivity index (χ2v) is 6.06. The quantitative estimate of drug-likeness (QED) is 0.891. The fraction of sp³-hybridized carbons (Fsp3) is 0.538. The molecule has 3 heterocycles. The summed E-state index contributed by atoms with van der Waals surface area (Å²) >= 11 is 1.75. The lowest BCUT2D eigenvalue weighted by Crippen LogP contribution is -2.39. The first-order valence-corrected chi connectivity index (χ1v) is 7.62. The highest BCUT2D eigenvalue weighted by Gasteiger charge is 2.21. The van der Waals surface area contributed by atoms with Crippen molar-refractivity contribution in [2.75, 3.05) is 24.5 Å². The first-order chi connectivity index (χ1) is 9.35. The number of anilines is 1. The molecule has 1 aliphatic rings. The van der Waals surface area contributed by atoms with Gasteiger partial charge in [-0.05, 0) is 36.8 Å². The second kappa shape index (κ2) is 5.71. The lowest BCUT2D eigenvalue weighted by Gasteiger charge is -2.31. The van der Waals surface area contributed by atoms with E-state index in [1.165, 1.54) is 17.7 Å². The first kappa shape index (κ1) is 12.6. The van der Waals surface area contributed by atoms with Crippen LogP contribution in [-0.4, -0.2) is 34.8 Å². The van der Waals surface area contributed by atoms with Gasteiger partial charge >= 0.3 is 0 Å². The molecule has 1 fully saturated rings. The topological polar surface area (TPSA) is 70.8 Å². The summed E-state index contributed by atoms with van der Waals surface area (Å²) in [6, 6.07) is 4.19. The lowest BCUT2D eigenvalue weighted by molar-refractivity contribution is 0.420. The predicted octanol–water partition coefficient (Wildman–Crippen LogP) is 1.63. The first-order valence-electron chi connectivity index (χ1n) is 6.74. The normalized spacial score (nSPS) is 19.8. The average molecular weight is 277 g/mol. The number of H-pyrrole nitrogens is 1. The van der Waals surface area contributed by atoms with Gasteiger partial charge in [-0.15, -0.1) is 16.4 Å². The van der Waals surface area contributed by atoms with Crippen molar-refractivity contribution in [3.8, 4) is 0 Å². The molecule has 0 aliphatic carbocycles. The molecule has 0 spiro atoms. The maximum Gasteiger partial charge on any atom is 0.244 e. The molecule has 1 atom stereocenters. The van der Waals surface area contributed by atoms with E-state index in [1.807, 2.05) is 0 Å². The van der Waals surface area contributed by atoms with Gasteiger partial charge < -0.3 is 10.6 Å². The highest BCUT2D eigenvalue weighted by atomic mass is 32.1. The van der Waals surface area contributed by atoms with E-state index >= 15 is 0 Å². The van der Waals surface area contributed by atoms with Crippen molar-refractivity contribution >= 4 is 17.3 Å². The molecular formula is C13H19N5S. The van der Waals surface area contributed by atoms with Crippen LogP contribution in [0.15, 0.2) is 17.5 Å². The number of rotatable bonds is 4. The number of nitrogens with zero attached hydrogens (tertiary/aromatic N) is 3. The lowest BCUT2D eigenvalue weighted by atomic mass is 9.99. The highest BCUT2D eigenvalue weighted by molar-refractivity contribution is 7.09. The van der Waals surface area contributed by atoms with Gasteiger partial charge in [-0.25, -0.2) is 0 Å². The molecule has 19 heavy (non-hydrogen) atoms. The molecule has 1 unspecified atom stereocenters. The van der Waals surface area contributed by atoms with Crippen molar-refractivity contribution in [3.05, 3.63) is 28.2 Å². The summed E-state index contributed by atoms with van der Waals surface area (Å²) in [5.74, 6) is 2.34. The zero-order chi connectivity index (χ0) is 13.1. The molecule has 1 aliphatic heterocycles. The largest absolute Gasteiger partial charge is 0.339 e. The molecule has 3 rings (SSSR count). The van der Waals surface area contributed by atoms with E-state index in [0.717, 1.165) is 37.8 Å². The summed E-state index contributed by atoms with van der Waals surface area (Å²) in [7, 11) is 0. The van der Waals surface area contributed by atoms with E-state index in [-0.39, 0.29) is 0 Å². The highest BCUT2D eigenvalue weighted by Crippen LogP contribution is 2.20. The van der Waals surface area contributed by atoms with Gasteiger partial charge in [-0.3, -0.25) is 5.10 Å². The van der Waals surface area contributed by atoms with Gasteiger partial charge in [-0.1, -0.05) is 6.07 Å². The van der Waals surface area contributed by atoms with E-state index in [2.05, 4.69) is 37.6 Å². The standard InChI is InChI=1S/C13H19N5S/c14-8-10-3-1-5-18(9-10)13-15-12(16-17-13)7-11-4-2-6-19-11/h2,4,6,10H,1,3,5,7-9,14H2,(H,15,16,17). The van der Waals surface area contributed by atoms with Gasteiger partial charge in [-0.2, -0.15) is 4.98 Å². The van der Waals surface area contributed by atoms with Crippen LogP contribution in [0.25, 0.3) is 0 Å². The molecule has 6 heteroatoms. The zero-order valence-corrected chi connectivity index (χ0v) is 11.7. The number of piperidine rings is 1. The molecule has 0 radical (unpaired) electrons. The third-order valence-corrected chi connectivity index (χ3v) is 4.45. The average Bonchev–Trinajstić information content (AvgIpc) is 3.11. The molecule has 0 bridgehead atoms. The minimum absolute atomic E-state index is 0.577. The van der Waals surface area contributed by atoms with Crippen molar-refractivity contribution in [1.29, 1.82) is 0 Å². The number of thiophene rings is 1. The number of hydrogen-bond donors (Lipinski definition) is 2. The fourth-order valence-corrected chi connectivity index (χ4v) is 3.23. The number of aromatic nitrogens is 3. The molecule has 2 aromatic rings. The Hall–Kier alpha value is -1.40. The van der Waals surface area contributed by atoms with Crippen molar-refractivity contribution < 1.29 is 0 Å². The molecule has 102 valence electrons. The Kier molecular flexibility index (Phi) is 3.79. The monoisotopic (exact) mass is 277 g/mol. The van der Waals surface area contributed by atoms with Crippen LogP contribution in [0, 0.1) is 5.92 Å². The smallest absolute Gasteiger partial charge is 0.244 e. The Morgan fingerprint density at radius 3 is 3.26 bits per heavy atom. The number of nitrogens with one attached hydrogen (secondary N) is 1. The van der Waals surface area contributed by atoms with Gasteiger partial charge in [0.15, 0.2) is 0 Å². The van der Waals surface area contributed by atoms with E-state index in [4.69, 9.17) is 5.73 Å². The Labute approximate surface area is 116 Å². The molecule has 3 N–H and O–H groups in total. The summed E-state index contributed by atoms with van der Waals surface area (Å²) in [5, 5.41) is 9.48. The summed E-state index contributed by atoms with van der Waals surface area (Å²) in [6.45, 7) is 2.77. The van der Waals surface area contributed by atoms with E-state index in [0.29, 0.717) is 5.92 Å². The predicted molar refractivity (Wildman–Crippen MR) is 77.5 cm³/mol. The van der Waals surface area contributed by atoms with E-state index in [1.54, 1.807) is 11.3 Å². The van der Waals surface area contributed by atoms with Crippen molar-refractivity contribution in [3.63, 3.8) is 0 Å². The molecule has 5 nitrogen and oxygen atoms in total. The van der Waals surface area contributed by atoms with Crippen molar-refractivity contribution in [2.24, 2.45) is 11.7 Å². The van der Waals surface area contributed by atoms with Gasteiger partial charge in [0.1, 0.15) is 5.82 Å². The molecule has 1 saturated heterocycles. The SMILES string of the molecule is NCC1CCCN(c2n[nH]c(Cc3cccs3)n2)C1. The molecule has 0 aromatic carbocycles. The molecule has 2 aromatic heterocycles. The van der Waals surface area contributed by atoms with E-state index < -0.39 is 0 Å². The van der Waals surface area contributed by atoms with Crippen LogP contribution in [0.3, 0.4) is 0 Å². The molecule has 0 saturated carbocycles. The Bertz CT molecular complexity index is 507. The maximum absolute atomic E-state index is 5.77. The van der Waals surface area contributed by atoms with Gasteiger partial charge in [0.25, 0.3) is 0 Å². The molecule has 0 amide bonds. The number of hydrogen-bond acceptors (Lipinski definition) is 5. The summed E-state index contributed by atoms with van der Waals surface area (Å²) < 4.78 is 0. The number of nitrogens with two attached hydrogens (primary N) is 1. The number of aromatic amines is 1. The van der Waals surface area contributed by atoms with Crippen LogP contribution in [0.1, 0.15) is 23.5 Å². The summed E-state index contributed by atoms with van der Waals surface area (Å²) in [4.78, 5) is 8.15. The van der Waals surface area contributed by atoms with Gasteiger partial charge in [0.05, 0.1) is 0 Å². The zero-order valence-electron chi connectivity index (χ0n) is 10.9. The fourth-order valence-electron chi connectivity index (χ4n) is 2.52. The maximum atomic E-state index is 5.77. The van der Waals surface area contributed by atoms with Gasteiger partial charge in [0, 0.05) is 24.4 Å². The van der Waals surface area contributed by atoms with Gasteiger partial charge in [0.2, 0.25) is 5.95 Å². The van der Waals surface area contributed by atoms with Crippen LogP contribution >= 0.6 is 11.3 Å². The van der Waals surface area contributed by atoms with Crippen LogP contribution in [-0.2, 0) is 6.42 Å². The Morgan fingerprint density at radius 1 is 1.53 bits per heavy atom. The minimum Gasteiger partial charge on any atom is -0.339 e. The van der Waals surface area contributed by atoms with Crippen molar-refractivity contribution in [2.45, 2.75) is 19.3 Å². The van der Waals surface area contributed by atoms with E-state index in [9.17, 15) is 0 Å². The Morgan fingerprint density at radius 2 is 2.47 bits per heavy atom. The van der Waals surface area contributed by atoms with Crippen LogP contribution in [0.5, 0.6) is 0 Å². The van der Waals surface area contributed by atoms with Crippen LogP contribution in [0.4, 0.5) is 5.95 Å². The van der Waals surface area contributed by atoms with Crippen molar-refractivity contribution in [1.82, 2.24) is 15.2 Å². The Balaban J connectivity index is 1.67. The summed E-state index contributed by atoms with van der Waals surface area (Å²) in [6.07, 6.45) is 3.23. The molecular weight excluding hydrogens is 258 g/mol. The second-order valence-electron chi connectivity index (χ2n) is 5.03. The third-order valence-electron chi connectivity index (χ3n) is 3.58. The summed E-state index contributed by atoms with van der Waals surface area (Å²) in [5.41, 5.74) is 5.77.